The second kappa shape index (κ2) is 5.80. The molecule has 15 heavy (non-hydrogen) atoms. The first kappa shape index (κ1) is 12.2. The Morgan fingerprint density at radius 1 is 0.933 bits per heavy atom. The molecule has 0 atom stereocenters. The van der Waals surface area contributed by atoms with Gasteiger partial charge in [0, 0.05) is 0 Å². The summed E-state index contributed by atoms with van der Waals surface area (Å²) >= 11 is 0. The Morgan fingerprint density at radius 3 is 2.40 bits per heavy atom. The van der Waals surface area contributed by atoms with E-state index in [1.165, 1.54) is 11.1 Å². The molecule has 0 unspecified atom stereocenters. The number of benzene rings is 1. The van der Waals surface area contributed by atoms with Crippen molar-refractivity contribution < 1.29 is 0 Å². The number of hydrogen-bond acceptors (Lipinski definition) is 0. The van der Waals surface area contributed by atoms with Crippen LogP contribution in [0.15, 0.2) is 66.4 Å². The van der Waals surface area contributed by atoms with Gasteiger partial charge in [-0.05, 0) is 29.4 Å². The molecule has 1 radical (unpaired) electrons. The van der Waals surface area contributed by atoms with Gasteiger partial charge < -0.3 is 7.43 Å². The summed E-state index contributed by atoms with van der Waals surface area (Å²) in [6.45, 7) is 0. The van der Waals surface area contributed by atoms with Gasteiger partial charge in [0.1, 0.15) is 0 Å². The van der Waals surface area contributed by atoms with Crippen LogP contribution in [-0.2, 0) is 0 Å². The predicted octanol–water partition coefficient (Wildman–Crippen LogP) is 3.80. The van der Waals surface area contributed by atoms with Gasteiger partial charge in [0.25, 0.3) is 0 Å². The van der Waals surface area contributed by atoms with E-state index >= 15 is 0 Å². The van der Waals surface area contributed by atoms with Crippen LogP contribution >= 0.6 is 0 Å². The van der Waals surface area contributed by atoms with E-state index in [4.69, 9.17) is 0 Å². The van der Waals surface area contributed by atoms with Crippen LogP contribution in [0.1, 0.15) is 5.56 Å². The monoisotopic (exact) mass is 443 g/mol. The van der Waals surface area contributed by atoms with Crippen molar-refractivity contribution in [2.75, 3.05) is 0 Å². The maximum absolute atomic E-state index is 3.03. The Kier molecular flexibility index (Phi) is 4.72. The van der Waals surface area contributed by atoms with Gasteiger partial charge >= 0.3 is 0 Å². The summed E-state index contributed by atoms with van der Waals surface area (Å²) in [6.07, 6.45) is 10.00. The number of hydrogen-bond donors (Lipinski definition) is 0. The second-order valence-corrected chi connectivity index (χ2v) is 2.85. The Balaban J connectivity index is 0.000000980. The van der Waals surface area contributed by atoms with Crippen LogP contribution in [0, 0.1) is 7.43 Å². The molecular formula is C14H13Lr-. The van der Waals surface area contributed by atoms with Crippen molar-refractivity contribution in [3.8, 4) is 0 Å². The van der Waals surface area contributed by atoms with Crippen LogP contribution in [0.4, 0.5) is 0 Å². The van der Waals surface area contributed by atoms with Crippen LogP contribution in [0.2, 0.25) is 0 Å². The molecule has 0 amide bonds. The van der Waals surface area contributed by atoms with E-state index in [1.54, 1.807) is 0 Å². The smallest absolute Gasteiger partial charge is 0 e. The van der Waals surface area contributed by atoms with Crippen LogP contribution < -0.4 is 0 Å². The third-order valence-corrected chi connectivity index (χ3v) is 1.93. The Morgan fingerprint density at radius 2 is 1.67 bits per heavy atom. The van der Waals surface area contributed by atoms with Gasteiger partial charge in [-0.25, -0.2) is 0 Å². The molecular weight excluding hydrogens is 430 g/mol. The largest absolute Gasteiger partial charge is 0.358 e. The molecule has 0 aliphatic heterocycles. The fraction of sp³-hybridized carbons (Fsp3) is 0. The van der Waals surface area contributed by atoms with E-state index in [9.17, 15) is 0 Å². The van der Waals surface area contributed by atoms with Crippen molar-refractivity contribution in [3.05, 3.63) is 79.4 Å². The molecule has 0 nitrogen and oxygen atoms in total. The summed E-state index contributed by atoms with van der Waals surface area (Å²) in [6, 6.07) is 10.3. The molecule has 2 rings (SSSR count). The van der Waals surface area contributed by atoms with Gasteiger partial charge in [-0.1, -0.05) is 42.5 Å². The molecule has 85 valence electrons. The van der Waals surface area contributed by atoms with Crippen LogP contribution in [0.25, 0.3) is 5.57 Å². The summed E-state index contributed by atoms with van der Waals surface area (Å²) in [7, 11) is 0. The fourth-order valence-corrected chi connectivity index (χ4v) is 1.28. The van der Waals surface area contributed by atoms with E-state index in [-0.39, 0.29) is 7.43 Å². The molecule has 0 saturated carbocycles. The molecule has 1 aromatic rings. The first-order valence-corrected chi connectivity index (χ1v) is 4.32. The second-order valence-electron chi connectivity index (χ2n) is 2.85. The van der Waals surface area contributed by atoms with E-state index in [0.29, 0.717) is 0 Å². The predicted molar refractivity (Wildman–Crippen MR) is 62.6 cm³/mol. The Bertz CT molecular complexity index is 404. The molecule has 0 fully saturated rings. The van der Waals surface area contributed by atoms with Crippen molar-refractivity contribution in [3.63, 3.8) is 0 Å². The zero-order valence-electron chi connectivity index (χ0n) is 8.53. The molecule has 0 N–H and O–H groups in total. The standard InChI is InChI=1S/C13H10.CH3.Lr/c1-2-5-9-12(8-4-1)13-10-6-3-7-11-13;;/h1,3-11H;1H3;/q;-1;. The van der Waals surface area contributed by atoms with Gasteiger partial charge in [-0.2, -0.15) is 0 Å². The summed E-state index contributed by atoms with van der Waals surface area (Å²) < 4.78 is 0. The normalized spacial score (nSPS) is 12.1. The number of rotatable bonds is 1. The molecule has 1 aliphatic carbocycles. The van der Waals surface area contributed by atoms with Crippen LogP contribution in [0.5, 0.6) is 0 Å². The third-order valence-electron chi connectivity index (χ3n) is 1.93. The third kappa shape index (κ3) is 2.87. The zero-order chi connectivity index (χ0) is 8.93. The quantitative estimate of drug-likeness (QED) is 0.458. The maximum atomic E-state index is 3.03. The first-order valence-electron chi connectivity index (χ1n) is 4.32. The molecule has 1 heteroatoms. The van der Waals surface area contributed by atoms with Gasteiger partial charge in [0.2, 0.25) is 0 Å². The van der Waals surface area contributed by atoms with Crippen molar-refractivity contribution in [1.82, 2.24) is 0 Å². The molecule has 0 heterocycles. The SMILES string of the molecule is C1=CC=CC(c2ccccc2)=CC=1.[CH3-].[Lr]. The van der Waals surface area contributed by atoms with Gasteiger partial charge in [0.05, 0.1) is 0 Å². The molecule has 0 aromatic heterocycles. The summed E-state index contributed by atoms with van der Waals surface area (Å²) in [5.41, 5.74) is 5.50. The van der Waals surface area contributed by atoms with Crippen molar-refractivity contribution in [2.45, 2.75) is 0 Å². The van der Waals surface area contributed by atoms with E-state index in [0.717, 1.165) is 0 Å². The average Bonchev–Trinajstić information content (AvgIpc) is 2.47. The number of allylic oxidation sites excluding steroid dienone is 5. The van der Waals surface area contributed by atoms with E-state index in [1.807, 2.05) is 36.4 Å². The molecule has 0 bridgehead atoms. The molecule has 1 aromatic carbocycles. The van der Waals surface area contributed by atoms with Crippen LogP contribution in [-0.4, -0.2) is 0 Å². The van der Waals surface area contributed by atoms with Crippen molar-refractivity contribution in [2.24, 2.45) is 0 Å². The van der Waals surface area contributed by atoms with Crippen LogP contribution in [0.3, 0.4) is 0 Å². The van der Waals surface area contributed by atoms with Gasteiger partial charge in [-0.15, -0.1) is 5.73 Å². The topological polar surface area (TPSA) is 0 Å². The minimum Gasteiger partial charge on any atom is -0.358 e. The summed E-state index contributed by atoms with van der Waals surface area (Å²) in [5.74, 6) is 0. The average molecular weight is 443 g/mol. The van der Waals surface area contributed by atoms with Gasteiger partial charge in [-0.3, -0.25) is 0 Å². The minimum absolute atomic E-state index is 0. The van der Waals surface area contributed by atoms with E-state index in [2.05, 4.69) is 30.0 Å². The Hall–Kier alpha value is -2.78. The van der Waals surface area contributed by atoms with Gasteiger partial charge in [0.15, 0.2) is 0 Å². The Labute approximate surface area is 85.6 Å². The first-order chi connectivity index (χ1) is 6.47. The zero-order valence-corrected chi connectivity index (χ0v) is 10.7. The van der Waals surface area contributed by atoms with Crippen molar-refractivity contribution in [1.29, 1.82) is 0 Å². The molecule has 0 spiro atoms. The molecule has 0 saturated heterocycles. The maximum Gasteiger partial charge on any atom is 0 e. The summed E-state index contributed by atoms with van der Waals surface area (Å²) in [4.78, 5) is 0. The minimum atomic E-state index is 0. The molecule has 1 aliphatic rings. The fourth-order valence-electron chi connectivity index (χ4n) is 1.28. The summed E-state index contributed by atoms with van der Waals surface area (Å²) in [5, 5.41) is 0. The van der Waals surface area contributed by atoms with E-state index < -0.39 is 0 Å². The van der Waals surface area contributed by atoms with Crippen molar-refractivity contribution >= 4 is 5.57 Å².